The standard InChI is InChI=1S/C12H17N3O3S2/c1-19-4-2-7(13)11-15-9(6-18-11)10(16)14-8-3-5-20-12(8)17/h6-8H,2-5,13H2,1H3,(H,14,16). The average molecular weight is 315 g/mol. The average Bonchev–Trinajstić information content (AvgIpc) is 3.06. The molecule has 0 aliphatic carbocycles. The van der Waals surface area contributed by atoms with E-state index in [4.69, 9.17) is 10.2 Å². The molecular formula is C12H17N3O3S2. The van der Waals surface area contributed by atoms with Crippen molar-refractivity contribution >= 4 is 34.5 Å². The molecule has 0 radical (unpaired) electrons. The summed E-state index contributed by atoms with van der Waals surface area (Å²) >= 11 is 2.93. The summed E-state index contributed by atoms with van der Waals surface area (Å²) in [4.78, 5) is 27.5. The van der Waals surface area contributed by atoms with Gasteiger partial charge >= 0.3 is 0 Å². The van der Waals surface area contributed by atoms with Gasteiger partial charge in [-0.25, -0.2) is 4.98 Å². The second-order valence-corrected chi connectivity index (χ2v) is 6.53. The Bertz CT molecular complexity index is 492. The minimum absolute atomic E-state index is 0.00117. The molecule has 3 N–H and O–H groups in total. The van der Waals surface area contributed by atoms with Gasteiger partial charge in [-0.15, -0.1) is 0 Å². The minimum atomic E-state index is -0.419. The van der Waals surface area contributed by atoms with Crippen LogP contribution in [0.4, 0.5) is 0 Å². The third-order valence-corrected chi connectivity index (χ3v) is 4.60. The van der Waals surface area contributed by atoms with Gasteiger partial charge in [-0.2, -0.15) is 11.8 Å². The Labute approximate surface area is 125 Å². The number of carbonyl (C=O) groups is 2. The van der Waals surface area contributed by atoms with E-state index in [1.165, 1.54) is 18.0 Å². The minimum Gasteiger partial charge on any atom is -0.446 e. The van der Waals surface area contributed by atoms with Crippen molar-refractivity contribution in [2.24, 2.45) is 5.73 Å². The number of amides is 1. The lowest BCUT2D eigenvalue weighted by Gasteiger charge is -2.08. The third kappa shape index (κ3) is 3.77. The first kappa shape index (κ1) is 15.4. The lowest BCUT2D eigenvalue weighted by Crippen LogP contribution is -2.37. The van der Waals surface area contributed by atoms with Crippen LogP contribution in [-0.2, 0) is 4.79 Å². The zero-order valence-corrected chi connectivity index (χ0v) is 12.8. The van der Waals surface area contributed by atoms with Gasteiger partial charge in [-0.1, -0.05) is 11.8 Å². The quantitative estimate of drug-likeness (QED) is 0.813. The number of hydrogen-bond donors (Lipinski definition) is 2. The Kier molecular flexibility index (Phi) is 5.50. The fourth-order valence-corrected chi connectivity index (χ4v) is 3.21. The van der Waals surface area contributed by atoms with Gasteiger partial charge in [0, 0.05) is 5.75 Å². The molecule has 0 spiro atoms. The molecular weight excluding hydrogens is 298 g/mol. The first-order chi connectivity index (χ1) is 9.61. The molecule has 1 saturated heterocycles. The van der Waals surface area contributed by atoms with E-state index in [9.17, 15) is 9.59 Å². The van der Waals surface area contributed by atoms with Crippen LogP contribution in [0.1, 0.15) is 35.3 Å². The van der Waals surface area contributed by atoms with Gasteiger partial charge in [0.15, 0.2) is 5.69 Å². The second-order valence-electron chi connectivity index (χ2n) is 4.44. The lowest BCUT2D eigenvalue weighted by atomic mass is 10.2. The molecule has 1 aromatic rings. The summed E-state index contributed by atoms with van der Waals surface area (Å²) in [6.45, 7) is 0. The summed E-state index contributed by atoms with van der Waals surface area (Å²) in [6, 6.07) is -0.731. The Morgan fingerprint density at radius 3 is 3.20 bits per heavy atom. The summed E-state index contributed by atoms with van der Waals surface area (Å²) in [5.74, 6) is 1.61. The summed E-state index contributed by atoms with van der Waals surface area (Å²) in [7, 11) is 0. The highest BCUT2D eigenvalue weighted by Crippen LogP contribution is 2.20. The molecule has 2 atom stereocenters. The molecule has 6 nitrogen and oxygen atoms in total. The first-order valence-corrected chi connectivity index (χ1v) is 8.67. The number of oxazole rings is 1. The molecule has 1 aromatic heterocycles. The molecule has 110 valence electrons. The number of hydrogen-bond acceptors (Lipinski definition) is 7. The van der Waals surface area contributed by atoms with E-state index in [2.05, 4.69) is 10.3 Å². The zero-order valence-electron chi connectivity index (χ0n) is 11.1. The van der Waals surface area contributed by atoms with Gasteiger partial charge < -0.3 is 15.5 Å². The molecule has 8 heteroatoms. The highest BCUT2D eigenvalue weighted by atomic mass is 32.2. The van der Waals surface area contributed by atoms with Crippen LogP contribution in [0.5, 0.6) is 0 Å². The van der Waals surface area contributed by atoms with E-state index in [1.807, 2.05) is 6.26 Å². The molecule has 2 heterocycles. The van der Waals surface area contributed by atoms with Gasteiger partial charge in [0.05, 0.1) is 12.1 Å². The molecule has 1 fully saturated rings. The number of thioether (sulfide) groups is 2. The Morgan fingerprint density at radius 2 is 2.55 bits per heavy atom. The van der Waals surface area contributed by atoms with E-state index >= 15 is 0 Å². The molecule has 1 amide bonds. The van der Waals surface area contributed by atoms with Crippen molar-refractivity contribution in [1.82, 2.24) is 10.3 Å². The van der Waals surface area contributed by atoms with Crippen LogP contribution < -0.4 is 11.1 Å². The number of nitrogens with two attached hydrogens (primary N) is 1. The Balaban J connectivity index is 1.94. The van der Waals surface area contributed by atoms with Crippen LogP contribution in [0.25, 0.3) is 0 Å². The van der Waals surface area contributed by atoms with Gasteiger partial charge in [-0.05, 0) is 24.9 Å². The van der Waals surface area contributed by atoms with Crippen LogP contribution in [0.15, 0.2) is 10.7 Å². The molecule has 20 heavy (non-hydrogen) atoms. The van der Waals surface area contributed by atoms with Crippen LogP contribution in [0.3, 0.4) is 0 Å². The number of rotatable bonds is 6. The molecule has 0 aromatic carbocycles. The second kappa shape index (κ2) is 7.14. The van der Waals surface area contributed by atoms with Crippen molar-refractivity contribution < 1.29 is 14.0 Å². The maximum atomic E-state index is 12.0. The summed E-state index contributed by atoms with van der Waals surface area (Å²) < 4.78 is 5.24. The number of nitrogens with one attached hydrogen (secondary N) is 1. The molecule has 0 saturated carbocycles. The van der Waals surface area contributed by atoms with E-state index in [0.29, 0.717) is 12.3 Å². The van der Waals surface area contributed by atoms with Crippen LogP contribution in [0.2, 0.25) is 0 Å². The fourth-order valence-electron chi connectivity index (χ4n) is 1.79. The fraction of sp³-hybridized carbons (Fsp3) is 0.583. The SMILES string of the molecule is CSCCC(N)c1nc(C(=O)NC2CCSC2=O)co1. The van der Waals surface area contributed by atoms with Crippen molar-refractivity contribution in [3.05, 3.63) is 17.8 Å². The van der Waals surface area contributed by atoms with E-state index < -0.39 is 11.9 Å². The van der Waals surface area contributed by atoms with E-state index in [1.54, 1.807) is 11.8 Å². The highest BCUT2D eigenvalue weighted by Gasteiger charge is 2.28. The number of carbonyl (C=O) groups excluding carboxylic acids is 2. The van der Waals surface area contributed by atoms with E-state index in [-0.39, 0.29) is 16.9 Å². The van der Waals surface area contributed by atoms with Crippen molar-refractivity contribution in [2.45, 2.75) is 24.9 Å². The van der Waals surface area contributed by atoms with Crippen molar-refractivity contribution in [1.29, 1.82) is 0 Å². The van der Waals surface area contributed by atoms with Crippen molar-refractivity contribution in [2.75, 3.05) is 17.8 Å². The smallest absolute Gasteiger partial charge is 0.273 e. The maximum absolute atomic E-state index is 12.0. The normalized spacial score (nSPS) is 20.1. The third-order valence-electron chi connectivity index (χ3n) is 2.95. The van der Waals surface area contributed by atoms with Gasteiger partial charge in [0.25, 0.3) is 5.91 Å². The predicted molar refractivity (Wildman–Crippen MR) is 79.8 cm³/mol. The monoisotopic (exact) mass is 315 g/mol. The van der Waals surface area contributed by atoms with E-state index in [0.717, 1.165) is 17.9 Å². The Hall–Kier alpha value is -0.990. The molecule has 2 unspecified atom stereocenters. The summed E-state index contributed by atoms with van der Waals surface area (Å²) in [5.41, 5.74) is 6.09. The van der Waals surface area contributed by atoms with Crippen molar-refractivity contribution in [3.8, 4) is 0 Å². The number of nitrogens with zero attached hydrogens (tertiary/aromatic N) is 1. The summed E-state index contributed by atoms with van der Waals surface area (Å²) in [6.07, 6.45) is 4.68. The zero-order chi connectivity index (χ0) is 14.5. The first-order valence-electron chi connectivity index (χ1n) is 6.29. The molecule has 1 aliphatic heterocycles. The molecule has 1 aliphatic rings. The van der Waals surface area contributed by atoms with Crippen LogP contribution in [-0.4, -0.2) is 39.8 Å². The summed E-state index contributed by atoms with van der Waals surface area (Å²) in [5, 5.41) is 2.66. The van der Waals surface area contributed by atoms with Gasteiger partial charge in [0.2, 0.25) is 11.0 Å². The predicted octanol–water partition coefficient (Wildman–Crippen LogP) is 1.19. The lowest BCUT2D eigenvalue weighted by molar-refractivity contribution is -0.112. The maximum Gasteiger partial charge on any atom is 0.273 e. The van der Waals surface area contributed by atoms with Crippen LogP contribution >= 0.6 is 23.5 Å². The Morgan fingerprint density at radius 1 is 1.75 bits per heavy atom. The highest BCUT2D eigenvalue weighted by molar-refractivity contribution is 8.14. The van der Waals surface area contributed by atoms with Gasteiger partial charge in [0.1, 0.15) is 6.26 Å². The molecule has 0 bridgehead atoms. The number of aromatic nitrogens is 1. The van der Waals surface area contributed by atoms with Crippen LogP contribution in [0, 0.1) is 0 Å². The topological polar surface area (TPSA) is 98.2 Å². The van der Waals surface area contributed by atoms with Crippen molar-refractivity contribution in [3.63, 3.8) is 0 Å². The largest absolute Gasteiger partial charge is 0.446 e. The van der Waals surface area contributed by atoms with Gasteiger partial charge in [-0.3, -0.25) is 9.59 Å². The molecule has 2 rings (SSSR count).